The van der Waals surface area contributed by atoms with Crippen LogP contribution >= 0.6 is 23.4 Å². The summed E-state index contributed by atoms with van der Waals surface area (Å²) in [6.45, 7) is 2.12. The molecule has 0 saturated heterocycles. The lowest BCUT2D eigenvalue weighted by atomic mass is 9.99. The first kappa shape index (κ1) is 11.2. The highest BCUT2D eigenvalue weighted by molar-refractivity contribution is 7.98. The molecule has 0 saturated carbocycles. The fraction of sp³-hybridized carbons (Fsp3) is 0.200. The SMILES string of the molecule is Cc1ccc2c(c1)[C@H](Cl)c1ccccc1CS2. The summed E-state index contributed by atoms with van der Waals surface area (Å²) in [5.74, 6) is 1.01. The molecule has 0 N–H and O–H groups in total. The summed E-state index contributed by atoms with van der Waals surface area (Å²) in [5, 5.41) is -0.0175. The van der Waals surface area contributed by atoms with Crippen LogP contribution in [0.15, 0.2) is 47.4 Å². The Morgan fingerprint density at radius 2 is 1.94 bits per heavy atom. The van der Waals surface area contributed by atoms with Gasteiger partial charge in [0.05, 0.1) is 5.38 Å². The highest BCUT2D eigenvalue weighted by Crippen LogP contribution is 2.42. The Bertz CT molecular complexity index is 563. The van der Waals surface area contributed by atoms with E-state index in [4.69, 9.17) is 11.6 Å². The van der Waals surface area contributed by atoms with Crippen LogP contribution < -0.4 is 0 Å². The number of thioether (sulfide) groups is 1. The normalized spacial score (nSPS) is 18.1. The van der Waals surface area contributed by atoms with Crippen molar-refractivity contribution in [2.75, 3.05) is 0 Å². The van der Waals surface area contributed by atoms with Crippen molar-refractivity contribution in [3.63, 3.8) is 0 Å². The molecule has 3 rings (SSSR count). The highest BCUT2D eigenvalue weighted by Gasteiger charge is 2.21. The maximum absolute atomic E-state index is 6.64. The van der Waals surface area contributed by atoms with E-state index < -0.39 is 0 Å². The zero-order valence-corrected chi connectivity index (χ0v) is 11.2. The summed E-state index contributed by atoms with van der Waals surface area (Å²) in [5.41, 5.74) is 5.13. The predicted molar refractivity (Wildman–Crippen MR) is 74.9 cm³/mol. The first-order chi connectivity index (χ1) is 8.25. The number of halogens is 1. The minimum Gasteiger partial charge on any atom is -0.121 e. The zero-order valence-electron chi connectivity index (χ0n) is 9.61. The first-order valence-corrected chi connectivity index (χ1v) is 7.13. The van der Waals surface area contributed by atoms with E-state index in [0.29, 0.717) is 0 Å². The Kier molecular flexibility index (Phi) is 2.89. The van der Waals surface area contributed by atoms with Crippen LogP contribution in [0.2, 0.25) is 0 Å². The Morgan fingerprint density at radius 3 is 2.82 bits per heavy atom. The number of aryl methyl sites for hydroxylation is 1. The number of alkyl halides is 1. The van der Waals surface area contributed by atoms with Gasteiger partial charge in [-0.15, -0.1) is 23.4 Å². The van der Waals surface area contributed by atoms with Crippen molar-refractivity contribution in [1.29, 1.82) is 0 Å². The van der Waals surface area contributed by atoms with E-state index in [0.717, 1.165) is 5.75 Å². The van der Waals surface area contributed by atoms with Gasteiger partial charge in [0.2, 0.25) is 0 Å². The zero-order chi connectivity index (χ0) is 11.8. The van der Waals surface area contributed by atoms with E-state index in [1.165, 1.54) is 27.1 Å². The standard InChI is InChI=1S/C15H13ClS/c1-10-6-7-14-13(8-10)15(16)12-5-3-2-4-11(12)9-17-14/h2-8,15H,9H2,1H3/t15-/m1/s1. The summed E-state index contributed by atoms with van der Waals surface area (Å²) in [6, 6.07) is 15.0. The number of benzene rings is 2. The molecule has 1 heterocycles. The first-order valence-electron chi connectivity index (χ1n) is 5.71. The summed E-state index contributed by atoms with van der Waals surface area (Å²) >= 11 is 8.52. The summed E-state index contributed by atoms with van der Waals surface area (Å²) in [6.07, 6.45) is 0. The van der Waals surface area contributed by atoms with Gasteiger partial charge in [0.25, 0.3) is 0 Å². The van der Waals surface area contributed by atoms with Crippen LogP contribution in [0.25, 0.3) is 0 Å². The van der Waals surface area contributed by atoms with Gasteiger partial charge < -0.3 is 0 Å². The number of hydrogen-bond acceptors (Lipinski definition) is 1. The maximum atomic E-state index is 6.64. The van der Waals surface area contributed by atoms with Gasteiger partial charge in [-0.25, -0.2) is 0 Å². The highest BCUT2D eigenvalue weighted by atomic mass is 35.5. The third-order valence-electron chi connectivity index (χ3n) is 3.15. The van der Waals surface area contributed by atoms with Gasteiger partial charge >= 0.3 is 0 Å². The molecule has 0 amide bonds. The Hall–Kier alpha value is -0.920. The van der Waals surface area contributed by atoms with Gasteiger partial charge in [0.15, 0.2) is 0 Å². The average Bonchev–Trinajstić information content (AvgIpc) is 2.49. The minimum absolute atomic E-state index is 0.0175. The van der Waals surface area contributed by atoms with E-state index in [1.54, 1.807) is 0 Å². The van der Waals surface area contributed by atoms with Crippen LogP contribution in [-0.4, -0.2) is 0 Å². The molecule has 1 aliphatic heterocycles. The van der Waals surface area contributed by atoms with E-state index in [2.05, 4.69) is 49.4 Å². The number of hydrogen-bond donors (Lipinski definition) is 0. The molecule has 0 bridgehead atoms. The third kappa shape index (κ3) is 1.98. The molecular weight excluding hydrogens is 248 g/mol. The summed E-state index contributed by atoms with van der Waals surface area (Å²) in [7, 11) is 0. The van der Waals surface area contributed by atoms with Crippen molar-refractivity contribution >= 4 is 23.4 Å². The molecule has 0 fully saturated rings. The van der Waals surface area contributed by atoms with E-state index in [-0.39, 0.29) is 5.38 Å². The van der Waals surface area contributed by atoms with Crippen LogP contribution in [0.4, 0.5) is 0 Å². The molecule has 0 radical (unpaired) electrons. The van der Waals surface area contributed by atoms with Gasteiger partial charge in [-0.2, -0.15) is 0 Å². The third-order valence-corrected chi connectivity index (χ3v) is 4.76. The van der Waals surface area contributed by atoms with Crippen molar-refractivity contribution in [3.05, 3.63) is 64.7 Å². The van der Waals surface area contributed by atoms with Gasteiger partial charge in [-0.1, -0.05) is 42.0 Å². The number of rotatable bonds is 0. The second kappa shape index (κ2) is 4.40. The molecule has 1 atom stereocenters. The van der Waals surface area contributed by atoms with Crippen LogP contribution in [0, 0.1) is 6.92 Å². The predicted octanol–water partition coefficient (Wildman–Crippen LogP) is 4.93. The van der Waals surface area contributed by atoms with E-state index in [1.807, 2.05) is 11.8 Å². The van der Waals surface area contributed by atoms with Crippen LogP contribution in [-0.2, 0) is 5.75 Å². The second-order valence-corrected chi connectivity index (χ2v) is 5.84. The molecule has 2 heteroatoms. The van der Waals surface area contributed by atoms with Crippen molar-refractivity contribution in [1.82, 2.24) is 0 Å². The van der Waals surface area contributed by atoms with Crippen molar-refractivity contribution < 1.29 is 0 Å². The van der Waals surface area contributed by atoms with Crippen LogP contribution in [0.5, 0.6) is 0 Å². The molecule has 0 aromatic heterocycles. The largest absolute Gasteiger partial charge is 0.121 e. The molecule has 2 aromatic carbocycles. The lowest BCUT2D eigenvalue weighted by molar-refractivity contribution is 1.07. The quantitative estimate of drug-likeness (QED) is 0.606. The molecule has 17 heavy (non-hydrogen) atoms. The molecule has 0 unspecified atom stereocenters. The number of fused-ring (bicyclic) bond motifs is 2. The Labute approximate surface area is 111 Å². The monoisotopic (exact) mass is 260 g/mol. The van der Waals surface area contributed by atoms with E-state index >= 15 is 0 Å². The molecule has 0 spiro atoms. The van der Waals surface area contributed by atoms with Crippen LogP contribution in [0.1, 0.15) is 27.6 Å². The molecule has 86 valence electrons. The lowest BCUT2D eigenvalue weighted by Crippen LogP contribution is -1.96. The van der Waals surface area contributed by atoms with E-state index in [9.17, 15) is 0 Å². The van der Waals surface area contributed by atoms with Crippen molar-refractivity contribution in [2.24, 2.45) is 0 Å². The smallest absolute Gasteiger partial charge is 0.0849 e. The van der Waals surface area contributed by atoms with Crippen molar-refractivity contribution in [2.45, 2.75) is 22.9 Å². The fourth-order valence-electron chi connectivity index (χ4n) is 2.23. The maximum Gasteiger partial charge on any atom is 0.0849 e. The Morgan fingerprint density at radius 1 is 1.12 bits per heavy atom. The van der Waals surface area contributed by atoms with Crippen LogP contribution in [0.3, 0.4) is 0 Å². The van der Waals surface area contributed by atoms with Gasteiger partial charge in [-0.05, 0) is 29.7 Å². The summed E-state index contributed by atoms with van der Waals surface area (Å²) < 4.78 is 0. The van der Waals surface area contributed by atoms with Gasteiger partial charge in [0, 0.05) is 10.6 Å². The second-order valence-electron chi connectivity index (χ2n) is 4.39. The van der Waals surface area contributed by atoms with Gasteiger partial charge in [0.1, 0.15) is 0 Å². The van der Waals surface area contributed by atoms with Gasteiger partial charge in [-0.3, -0.25) is 0 Å². The lowest BCUT2D eigenvalue weighted by Gasteiger charge is -2.13. The Balaban J connectivity index is 2.18. The molecule has 2 aromatic rings. The topological polar surface area (TPSA) is 0 Å². The molecule has 0 aliphatic carbocycles. The minimum atomic E-state index is -0.0175. The fourth-order valence-corrected chi connectivity index (χ4v) is 3.77. The van der Waals surface area contributed by atoms with Crippen molar-refractivity contribution in [3.8, 4) is 0 Å². The average molecular weight is 261 g/mol. The molecular formula is C15H13ClS. The summed E-state index contributed by atoms with van der Waals surface area (Å²) in [4.78, 5) is 1.31. The molecule has 1 aliphatic rings. The molecule has 0 nitrogen and oxygen atoms in total.